The maximum atomic E-state index is 6.13. The van der Waals surface area contributed by atoms with E-state index in [-0.39, 0.29) is 30.1 Å². The van der Waals surface area contributed by atoms with Crippen LogP contribution in [0.2, 0.25) is 0 Å². The molecule has 176 valence electrons. The first-order valence-corrected chi connectivity index (χ1v) is 11.0. The van der Waals surface area contributed by atoms with Crippen molar-refractivity contribution in [3.63, 3.8) is 0 Å². The highest BCUT2D eigenvalue weighted by molar-refractivity contribution is 14.0. The standard InChI is InChI=1S/C22H36N4O4.HI/c1-23-22(25-16-18-6-5-10-24-21(18)29-15-14-27-2)26-11-8-19(9-12-26)30-17-20-7-3-4-13-28-20;/h5-6,10,19-20H,3-4,7-9,11-17H2,1-2H3,(H,23,25);1H. The molecule has 0 saturated carbocycles. The lowest BCUT2D eigenvalue weighted by molar-refractivity contribution is -0.0721. The maximum absolute atomic E-state index is 6.13. The van der Waals surface area contributed by atoms with E-state index >= 15 is 0 Å². The van der Waals surface area contributed by atoms with Crippen LogP contribution in [0.15, 0.2) is 23.3 Å². The van der Waals surface area contributed by atoms with Gasteiger partial charge in [-0.05, 0) is 38.2 Å². The van der Waals surface area contributed by atoms with Crippen LogP contribution in [0.25, 0.3) is 0 Å². The Morgan fingerprint density at radius 2 is 2.10 bits per heavy atom. The van der Waals surface area contributed by atoms with Crippen LogP contribution >= 0.6 is 24.0 Å². The Bertz CT molecular complexity index is 650. The number of hydrogen-bond acceptors (Lipinski definition) is 6. The number of piperidine rings is 1. The molecule has 1 aromatic heterocycles. The van der Waals surface area contributed by atoms with Gasteiger partial charge in [-0.1, -0.05) is 6.07 Å². The first-order valence-electron chi connectivity index (χ1n) is 11.0. The Kier molecular flexibility index (Phi) is 12.5. The summed E-state index contributed by atoms with van der Waals surface area (Å²) < 4.78 is 22.7. The molecule has 2 saturated heterocycles. The lowest BCUT2D eigenvalue weighted by Crippen LogP contribution is -2.47. The molecule has 2 aliphatic heterocycles. The summed E-state index contributed by atoms with van der Waals surface area (Å²) in [5.74, 6) is 1.53. The van der Waals surface area contributed by atoms with Gasteiger partial charge in [-0.2, -0.15) is 0 Å². The Hall–Kier alpha value is -1.17. The summed E-state index contributed by atoms with van der Waals surface area (Å²) in [7, 11) is 3.48. The van der Waals surface area contributed by atoms with Crippen LogP contribution in [0.5, 0.6) is 5.88 Å². The van der Waals surface area contributed by atoms with Gasteiger partial charge >= 0.3 is 0 Å². The molecule has 2 fully saturated rings. The number of rotatable bonds is 9. The summed E-state index contributed by atoms with van der Waals surface area (Å²) in [5, 5.41) is 3.45. The van der Waals surface area contributed by atoms with Crippen molar-refractivity contribution in [3.8, 4) is 5.88 Å². The van der Waals surface area contributed by atoms with Gasteiger partial charge in [0, 0.05) is 52.2 Å². The Morgan fingerprint density at radius 3 is 2.81 bits per heavy atom. The summed E-state index contributed by atoms with van der Waals surface area (Å²) in [6.45, 7) is 5.09. The van der Waals surface area contributed by atoms with Crippen molar-refractivity contribution in [1.82, 2.24) is 15.2 Å². The smallest absolute Gasteiger partial charge is 0.218 e. The molecule has 8 nitrogen and oxygen atoms in total. The van der Waals surface area contributed by atoms with Gasteiger partial charge in [-0.15, -0.1) is 24.0 Å². The second-order valence-corrected chi connectivity index (χ2v) is 7.72. The molecule has 0 aliphatic carbocycles. The second kappa shape index (κ2) is 14.8. The average Bonchev–Trinajstić information content (AvgIpc) is 2.80. The van der Waals surface area contributed by atoms with Crippen molar-refractivity contribution in [1.29, 1.82) is 0 Å². The number of aromatic nitrogens is 1. The van der Waals surface area contributed by atoms with Crippen molar-refractivity contribution in [2.75, 3.05) is 53.7 Å². The van der Waals surface area contributed by atoms with Crippen LogP contribution in [0.4, 0.5) is 0 Å². The lowest BCUT2D eigenvalue weighted by atomic mass is 10.1. The Balaban J connectivity index is 0.00000341. The number of nitrogens with zero attached hydrogens (tertiary/aromatic N) is 3. The van der Waals surface area contributed by atoms with Gasteiger partial charge in [0.15, 0.2) is 5.96 Å². The molecule has 9 heteroatoms. The van der Waals surface area contributed by atoms with Crippen molar-refractivity contribution in [2.24, 2.45) is 4.99 Å². The molecule has 2 aliphatic rings. The van der Waals surface area contributed by atoms with Crippen LogP contribution < -0.4 is 10.1 Å². The normalized spacial score (nSPS) is 20.3. The van der Waals surface area contributed by atoms with E-state index in [2.05, 4.69) is 20.2 Å². The van der Waals surface area contributed by atoms with Crippen molar-refractivity contribution >= 4 is 29.9 Å². The second-order valence-electron chi connectivity index (χ2n) is 7.72. The minimum atomic E-state index is 0. The predicted molar refractivity (Wildman–Crippen MR) is 131 cm³/mol. The van der Waals surface area contributed by atoms with E-state index in [1.165, 1.54) is 12.8 Å². The highest BCUT2D eigenvalue weighted by Crippen LogP contribution is 2.18. The molecule has 1 unspecified atom stereocenters. The number of aliphatic imine (C=N–C) groups is 1. The summed E-state index contributed by atoms with van der Waals surface area (Å²) in [6, 6.07) is 3.94. The molecule has 3 rings (SSSR count). The number of methoxy groups -OCH3 is 1. The van der Waals surface area contributed by atoms with E-state index < -0.39 is 0 Å². The SMILES string of the molecule is CN=C(NCc1cccnc1OCCOC)N1CCC(OCC2CCCCO2)CC1.I. The number of hydrogen-bond donors (Lipinski definition) is 1. The van der Waals surface area contributed by atoms with E-state index in [1.54, 1.807) is 13.3 Å². The largest absolute Gasteiger partial charge is 0.475 e. The van der Waals surface area contributed by atoms with E-state index in [9.17, 15) is 0 Å². The highest BCUT2D eigenvalue weighted by atomic mass is 127. The fraction of sp³-hybridized carbons (Fsp3) is 0.727. The molecule has 0 amide bonds. The lowest BCUT2D eigenvalue weighted by Gasteiger charge is -2.35. The quantitative estimate of drug-likeness (QED) is 0.220. The van der Waals surface area contributed by atoms with Crippen molar-refractivity contribution in [3.05, 3.63) is 23.9 Å². The summed E-state index contributed by atoms with van der Waals surface area (Å²) in [5.41, 5.74) is 1.00. The number of halogens is 1. The van der Waals surface area contributed by atoms with Gasteiger partial charge in [0.25, 0.3) is 0 Å². The summed E-state index contributed by atoms with van der Waals surface area (Å²) in [6.07, 6.45) is 7.91. The first kappa shape index (κ1) is 26.1. The monoisotopic (exact) mass is 548 g/mol. The van der Waals surface area contributed by atoms with Crippen LogP contribution in [-0.4, -0.2) is 81.7 Å². The van der Waals surface area contributed by atoms with Crippen LogP contribution in [0.1, 0.15) is 37.7 Å². The molecule has 1 N–H and O–H groups in total. The fourth-order valence-corrected chi connectivity index (χ4v) is 3.83. The number of ether oxygens (including phenoxy) is 4. The molecular formula is C22H37IN4O4. The molecule has 0 radical (unpaired) electrons. The van der Waals surface area contributed by atoms with Gasteiger partial charge in [-0.25, -0.2) is 4.98 Å². The molecule has 1 atom stereocenters. The number of pyridine rings is 1. The Labute approximate surface area is 203 Å². The number of likely N-dealkylation sites (tertiary alicyclic amines) is 1. The van der Waals surface area contributed by atoms with Crippen LogP contribution in [0.3, 0.4) is 0 Å². The third kappa shape index (κ3) is 8.70. The van der Waals surface area contributed by atoms with Crippen molar-refractivity contribution < 1.29 is 18.9 Å². The molecule has 31 heavy (non-hydrogen) atoms. The summed E-state index contributed by atoms with van der Waals surface area (Å²) >= 11 is 0. The molecule has 0 spiro atoms. The zero-order valence-electron chi connectivity index (χ0n) is 18.8. The van der Waals surface area contributed by atoms with Gasteiger partial charge in [0.2, 0.25) is 5.88 Å². The fourth-order valence-electron chi connectivity index (χ4n) is 3.83. The average molecular weight is 548 g/mol. The summed E-state index contributed by atoms with van der Waals surface area (Å²) in [4.78, 5) is 11.1. The topological polar surface area (TPSA) is 77.4 Å². The third-order valence-corrected chi connectivity index (χ3v) is 5.56. The zero-order valence-corrected chi connectivity index (χ0v) is 21.1. The van der Waals surface area contributed by atoms with E-state index in [0.717, 1.165) is 57.1 Å². The van der Waals surface area contributed by atoms with Gasteiger partial charge in [-0.3, -0.25) is 4.99 Å². The molecule has 3 heterocycles. The minimum absolute atomic E-state index is 0. The first-order chi connectivity index (χ1) is 14.8. The third-order valence-electron chi connectivity index (χ3n) is 5.56. The zero-order chi connectivity index (χ0) is 21.0. The predicted octanol–water partition coefficient (Wildman–Crippen LogP) is 2.85. The van der Waals surface area contributed by atoms with E-state index in [1.807, 2.05) is 19.2 Å². The van der Waals surface area contributed by atoms with E-state index in [4.69, 9.17) is 18.9 Å². The number of guanidine groups is 1. The molecule has 0 bridgehead atoms. The molecule has 0 aromatic carbocycles. The van der Waals surface area contributed by atoms with E-state index in [0.29, 0.717) is 31.7 Å². The number of nitrogens with one attached hydrogen (secondary N) is 1. The van der Waals surface area contributed by atoms with Gasteiger partial charge in [0.1, 0.15) is 6.61 Å². The van der Waals surface area contributed by atoms with Gasteiger partial charge in [0.05, 0.1) is 25.4 Å². The minimum Gasteiger partial charge on any atom is -0.475 e. The molecule has 1 aromatic rings. The van der Waals surface area contributed by atoms with Crippen molar-refractivity contribution in [2.45, 2.75) is 50.9 Å². The maximum Gasteiger partial charge on any atom is 0.218 e. The Morgan fingerprint density at radius 1 is 1.26 bits per heavy atom. The highest BCUT2D eigenvalue weighted by Gasteiger charge is 2.24. The van der Waals surface area contributed by atoms with Crippen LogP contribution in [-0.2, 0) is 20.8 Å². The van der Waals surface area contributed by atoms with Gasteiger partial charge < -0.3 is 29.2 Å². The molecular weight excluding hydrogens is 511 g/mol. The van der Waals surface area contributed by atoms with Crippen LogP contribution in [0, 0.1) is 0 Å².